The van der Waals surface area contributed by atoms with Crippen LogP contribution in [0.4, 0.5) is 4.79 Å². The van der Waals surface area contributed by atoms with Crippen molar-refractivity contribution in [2.75, 3.05) is 0 Å². The van der Waals surface area contributed by atoms with Gasteiger partial charge in [-0.1, -0.05) is 0 Å². The number of carbonyl (C=O) groups is 1. The lowest BCUT2D eigenvalue weighted by atomic mass is 9.79. The van der Waals surface area contributed by atoms with E-state index in [9.17, 15) is 15.2 Å². The maximum Gasteiger partial charge on any atom is 0.315 e. The van der Waals surface area contributed by atoms with Gasteiger partial charge in [-0.3, -0.25) is 0 Å². The highest BCUT2D eigenvalue weighted by atomic mass is 16.5. The first-order valence-electron chi connectivity index (χ1n) is 9.29. The molecule has 2 atom stereocenters. The van der Waals surface area contributed by atoms with Crippen molar-refractivity contribution in [2.45, 2.75) is 109 Å². The highest BCUT2D eigenvalue weighted by Crippen LogP contribution is 2.36. The molecule has 0 radical (unpaired) electrons. The highest BCUT2D eigenvalue weighted by Gasteiger charge is 2.45. The standard InChI is InChI=1S/C18H36N4O3/c1-12-8-13(9-16(2,3)21(12)24)19-15(23)20-14-10-17(4,5)22(25)18(6,7)11-14/h12-14,24-25H,8-11H2,1-7H3,(H2,19,20,23). The molecule has 2 aliphatic heterocycles. The van der Waals surface area contributed by atoms with Crippen molar-refractivity contribution in [2.24, 2.45) is 0 Å². The Morgan fingerprint density at radius 2 is 1.32 bits per heavy atom. The minimum atomic E-state index is -0.390. The molecule has 146 valence electrons. The van der Waals surface area contributed by atoms with Crippen LogP contribution in [-0.4, -0.2) is 61.3 Å². The topological polar surface area (TPSA) is 88.1 Å². The number of hydroxylamine groups is 4. The summed E-state index contributed by atoms with van der Waals surface area (Å²) in [6.07, 6.45) is 2.81. The average Bonchev–Trinajstić information content (AvgIpc) is 2.40. The van der Waals surface area contributed by atoms with E-state index in [1.165, 1.54) is 10.1 Å². The molecule has 2 heterocycles. The second-order valence-electron chi connectivity index (χ2n) is 9.80. The molecule has 0 aromatic heterocycles. The van der Waals surface area contributed by atoms with E-state index < -0.39 is 11.1 Å². The zero-order valence-electron chi connectivity index (χ0n) is 16.8. The Labute approximate surface area is 151 Å². The Morgan fingerprint density at radius 3 is 1.80 bits per heavy atom. The summed E-state index contributed by atoms with van der Waals surface area (Å²) in [5.41, 5.74) is -1.14. The lowest BCUT2D eigenvalue weighted by molar-refractivity contribution is -0.245. The molecule has 0 aromatic rings. The molecule has 4 N–H and O–H groups in total. The fraction of sp³-hybridized carbons (Fsp3) is 0.944. The van der Waals surface area contributed by atoms with Crippen molar-refractivity contribution in [3.63, 3.8) is 0 Å². The molecular formula is C18H36N4O3. The number of urea groups is 1. The van der Waals surface area contributed by atoms with E-state index in [0.717, 1.165) is 6.42 Å². The van der Waals surface area contributed by atoms with E-state index in [0.29, 0.717) is 19.3 Å². The van der Waals surface area contributed by atoms with Gasteiger partial charge in [0.1, 0.15) is 0 Å². The normalized spacial score (nSPS) is 33.0. The lowest BCUT2D eigenvalue weighted by Gasteiger charge is -2.51. The number of hydrogen-bond donors (Lipinski definition) is 4. The first kappa shape index (κ1) is 20.4. The fourth-order valence-electron chi connectivity index (χ4n) is 4.78. The van der Waals surface area contributed by atoms with Crippen LogP contribution < -0.4 is 10.6 Å². The van der Waals surface area contributed by atoms with Gasteiger partial charge in [-0.25, -0.2) is 4.79 Å². The molecule has 2 unspecified atom stereocenters. The summed E-state index contributed by atoms with van der Waals surface area (Å²) < 4.78 is 0. The van der Waals surface area contributed by atoms with Gasteiger partial charge in [-0.15, -0.1) is 0 Å². The van der Waals surface area contributed by atoms with Crippen LogP contribution in [-0.2, 0) is 0 Å². The van der Waals surface area contributed by atoms with Gasteiger partial charge < -0.3 is 21.0 Å². The molecular weight excluding hydrogens is 320 g/mol. The molecule has 2 amide bonds. The van der Waals surface area contributed by atoms with Crippen molar-refractivity contribution in [3.05, 3.63) is 0 Å². The first-order chi connectivity index (χ1) is 11.2. The smallest absolute Gasteiger partial charge is 0.315 e. The van der Waals surface area contributed by atoms with E-state index in [2.05, 4.69) is 10.6 Å². The molecule has 0 bridgehead atoms. The molecule has 0 spiro atoms. The van der Waals surface area contributed by atoms with Crippen LogP contribution in [0.3, 0.4) is 0 Å². The number of rotatable bonds is 2. The minimum absolute atomic E-state index is 0.00421. The summed E-state index contributed by atoms with van der Waals surface area (Å²) in [4.78, 5) is 12.5. The van der Waals surface area contributed by atoms with Gasteiger partial charge in [0, 0.05) is 34.7 Å². The van der Waals surface area contributed by atoms with E-state index in [1.54, 1.807) is 0 Å². The Morgan fingerprint density at radius 1 is 0.880 bits per heavy atom. The molecule has 0 aromatic carbocycles. The Balaban J connectivity index is 1.94. The van der Waals surface area contributed by atoms with Crippen LogP contribution in [0.2, 0.25) is 0 Å². The number of hydrogen-bond acceptors (Lipinski definition) is 5. The summed E-state index contributed by atoms with van der Waals surface area (Å²) in [5, 5.41) is 29.5. The molecule has 2 aliphatic rings. The zero-order chi connectivity index (χ0) is 19.2. The first-order valence-corrected chi connectivity index (χ1v) is 9.29. The number of amides is 2. The van der Waals surface area contributed by atoms with Crippen molar-refractivity contribution in [1.82, 2.24) is 20.8 Å². The molecule has 7 heteroatoms. The minimum Gasteiger partial charge on any atom is -0.335 e. The van der Waals surface area contributed by atoms with E-state index in [1.807, 2.05) is 48.5 Å². The summed E-state index contributed by atoms with van der Waals surface area (Å²) >= 11 is 0. The van der Waals surface area contributed by atoms with Crippen LogP contribution in [0.1, 0.15) is 74.1 Å². The van der Waals surface area contributed by atoms with Gasteiger partial charge in [0.25, 0.3) is 0 Å². The monoisotopic (exact) mass is 356 g/mol. The van der Waals surface area contributed by atoms with Crippen molar-refractivity contribution in [3.8, 4) is 0 Å². The summed E-state index contributed by atoms with van der Waals surface area (Å²) in [6.45, 7) is 13.9. The second kappa shape index (κ2) is 6.68. The molecule has 2 rings (SSSR count). The van der Waals surface area contributed by atoms with Crippen molar-refractivity contribution >= 4 is 6.03 Å². The van der Waals surface area contributed by atoms with Crippen LogP contribution in [0.25, 0.3) is 0 Å². The molecule has 2 fully saturated rings. The fourth-order valence-corrected chi connectivity index (χ4v) is 4.78. The van der Waals surface area contributed by atoms with Crippen LogP contribution in [0.5, 0.6) is 0 Å². The van der Waals surface area contributed by atoms with Gasteiger partial charge in [-0.05, 0) is 74.1 Å². The quantitative estimate of drug-likeness (QED) is 0.611. The Kier molecular flexibility index (Phi) is 5.46. The zero-order valence-corrected chi connectivity index (χ0v) is 16.8. The molecule has 2 saturated heterocycles. The van der Waals surface area contributed by atoms with Gasteiger partial charge in [0.2, 0.25) is 0 Å². The molecule has 0 aliphatic carbocycles. The summed E-state index contributed by atoms with van der Waals surface area (Å²) in [6, 6.07) is -0.115. The molecule has 7 nitrogen and oxygen atoms in total. The average molecular weight is 357 g/mol. The molecule has 25 heavy (non-hydrogen) atoms. The van der Waals surface area contributed by atoms with Gasteiger partial charge in [0.05, 0.1) is 0 Å². The number of nitrogens with one attached hydrogen (secondary N) is 2. The lowest BCUT2D eigenvalue weighted by Crippen LogP contribution is -2.64. The predicted octanol–water partition coefficient (Wildman–Crippen LogP) is 2.72. The summed E-state index contributed by atoms with van der Waals surface area (Å²) in [7, 11) is 0. The highest BCUT2D eigenvalue weighted by molar-refractivity contribution is 5.74. The Hall–Kier alpha value is -0.890. The third-order valence-corrected chi connectivity index (χ3v) is 5.72. The number of piperidine rings is 2. The van der Waals surface area contributed by atoms with Gasteiger partial charge in [0.15, 0.2) is 0 Å². The van der Waals surface area contributed by atoms with Gasteiger partial charge >= 0.3 is 6.03 Å². The van der Waals surface area contributed by atoms with E-state index in [4.69, 9.17) is 0 Å². The van der Waals surface area contributed by atoms with E-state index >= 15 is 0 Å². The predicted molar refractivity (Wildman–Crippen MR) is 96.7 cm³/mol. The number of nitrogens with zero attached hydrogens (tertiary/aromatic N) is 2. The SMILES string of the molecule is CC1CC(NC(=O)NC2CC(C)(C)N(O)C(C)(C)C2)CC(C)(C)N1O. The maximum atomic E-state index is 12.5. The third kappa shape index (κ3) is 4.45. The van der Waals surface area contributed by atoms with Crippen molar-refractivity contribution in [1.29, 1.82) is 0 Å². The maximum absolute atomic E-state index is 12.5. The van der Waals surface area contributed by atoms with Crippen LogP contribution >= 0.6 is 0 Å². The second-order valence-corrected chi connectivity index (χ2v) is 9.80. The third-order valence-electron chi connectivity index (χ3n) is 5.72. The van der Waals surface area contributed by atoms with Crippen LogP contribution in [0, 0.1) is 0 Å². The van der Waals surface area contributed by atoms with Crippen LogP contribution in [0.15, 0.2) is 0 Å². The van der Waals surface area contributed by atoms with Crippen molar-refractivity contribution < 1.29 is 15.2 Å². The van der Waals surface area contributed by atoms with E-state index in [-0.39, 0.29) is 29.7 Å². The summed E-state index contributed by atoms with van der Waals surface area (Å²) in [5.74, 6) is 0. The van der Waals surface area contributed by atoms with Gasteiger partial charge in [-0.2, -0.15) is 10.1 Å². The Bertz CT molecular complexity index is 489. The largest absolute Gasteiger partial charge is 0.335 e. The molecule has 0 saturated carbocycles. The number of carbonyl (C=O) groups excluding carboxylic acids is 1.